The largest absolute Gasteiger partial charge is 0.392 e. The van der Waals surface area contributed by atoms with E-state index in [1.54, 1.807) is 0 Å². The highest BCUT2D eigenvalue weighted by atomic mass is 16.3. The number of aliphatic hydroxyl groups is 1. The van der Waals surface area contributed by atoms with Crippen LogP contribution in [0, 0.1) is 0 Å². The summed E-state index contributed by atoms with van der Waals surface area (Å²) in [6, 6.07) is 0.875. The summed E-state index contributed by atoms with van der Waals surface area (Å²) >= 11 is 0. The fraction of sp³-hybridized carbons (Fsp3) is 1.00. The Morgan fingerprint density at radius 3 is 2.50 bits per heavy atom. The highest BCUT2D eigenvalue weighted by molar-refractivity contribution is 4.85. The van der Waals surface area contributed by atoms with Gasteiger partial charge >= 0.3 is 0 Å². The van der Waals surface area contributed by atoms with Crippen LogP contribution in [0.3, 0.4) is 0 Å². The quantitative estimate of drug-likeness (QED) is 0.664. The molecule has 1 aliphatic heterocycles. The third-order valence-corrected chi connectivity index (χ3v) is 2.89. The molecule has 0 bridgehead atoms. The van der Waals surface area contributed by atoms with E-state index >= 15 is 0 Å². The van der Waals surface area contributed by atoms with Crippen LogP contribution in [0.1, 0.15) is 27.2 Å². The summed E-state index contributed by atoms with van der Waals surface area (Å²) in [6.45, 7) is 7.19. The highest BCUT2D eigenvalue weighted by Crippen LogP contribution is 2.24. The van der Waals surface area contributed by atoms with Gasteiger partial charge in [0.05, 0.1) is 12.1 Å². The minimum absolute atomic E-state index is 0.225. The van der Waals surface area contributed by atoms with Crippen LogP contribution in [0.4, 0.5) is 0 Å². The molecule has 0 aromatic rings. The lowest BCUT2D eigenvalue weighted by molar-refractivity contribution is -0.0293. The maximum absolute atomic E-state index is 9.52. The predicted octanol–water partition coefficient (Wildman–Crippen LogP) is 0.697. The van der Waals surface area contributed by atoms with Crippen molar-refractivity contribution in [2.45, 2.75) is 45.4 Å². The first kappa shape index (κ1) is 9.96. The lowest BCUT2D eigenvalue weighted by Gasteiger charge is -2.30. The van der Waals surface area contributed by atoms with Gasteiger partial charge in [-0.25, -0.2) is 10.0 Å². The first-order valence-electron chi connectivity index (χ1n) is 4.75. The average Bonchev–Trinajstić information content (AvgIpc) is 2.29. The van der Waals surface area contributed by atoms with Gasteiger partial charge in [-0.15, -0.1) is 0 Å². The Hall–Kier alpha value is -0.120. The number of hydrogen-bond donors (Lipinski definition) is 1. The molecule has 0 aliphatic carbocycles. The Balaban J connectivity index is 2.65. The summed E-state index contributed by atoms with van der Waals surface area (Å²) in [5.41, 5.74) is 0. The number of aliphatic hydroxyl groups excluding tert-OH is 1. The monoisotopic (exact) mass is 172 g/mol. The molecule has 0 saturated carbocycles. The number of rotatable bonds is 2. The van der Waals surface area contributed by atoms with Gasteiger partial charge in [0.1, 0.15) is 0 Å². The number of likely N-dealkylation sites (N-methyl/N-ethyl adjacent to an activating group) is 1. The summed E-state index contributed by atoms with van der Waals surface area (Å²) in [5.74, 6) is 0. The fourth-order valence-electron chi connectivity index (χ4n) is 2.01. The maximum Gasteiger partial charge on any atom is 0.0681 e. The minimum Gasteiger partial charge on any atom is -0.392 e. The molecule has 1 fully saturated rings. The van der Waals surface area contributed by atoms with Crippen molar-refractivity contribution in [3.8, 4) is 0 Å². The van der Waals surface area contributed by atoms with E-state index in [9.17, 15) is 5.11 Å². The van der Waals surface area contributed by atoms with E-state index < -0.39 is 0 Å². The minimum atomic E-state index is -0.225. The van der Waals surface area contributed by atoms with Crippen LogP contribution in [-0.4, -0.2) is 46.9 Å². The van der Waals surface area contributed by atoms with E-state index in [-0.39, 0.29) is 6.10 Å². The van der Waals surface area contributed by atoms with Gasteiger partial charge in [0, 0.05) is 19.6 Å². The van der Waals surface area contributed by atoms with Crippen molar-refractivity contribution in [3.63, 3.8) is 0 Å². The normalized spacial score (nSPS) is 35.8. The zero-order chi connectivity index (χ0) is 9.30. The molecule has 1 saturated heterocycles. The Bertz CT molecular complexity index is 149. The molecule has 12 heavy (non-hydrogen) atoms. The van der Waals surface area contributed by atoms with Crippen molar-refractivity contribution in [1.29, 1.82) is 0 Å². The molecule has 0 amide bonds. The molecule has 1 heterocycles. The van der Waals surface area contributed by atoms with Crippen LogP contribution in [0.15, 0.2) is 0 Å². The van der Waals surface area contributed by atoms with E-state index in [1.165, 1.54) is 0 Å². The molecule has 3 unspecified atom stereocenters. The average molecular weight is 172 g/mol. The molecule has 0 radical (unpaired) electrons. The van der Waals surface area contributed by atoms with Crippen molar-refractivity contribution in [2.24, 2.45) is 0 Å². The van der Waals surface area contributed by atoms with Crippen LogP contribution in [0.5, 0.6) is 0 Å². The van der Waals surface area contributed by atoms with E-state index in [1.807, 2.05) is 6.92 Å². The van der Waals surface area contributed by atoms with Gasteiger partial charge in [-0.2, -0.15) is 0 Å². The van der Waals surface area contributed by atoms with Crippen molar-refractivity contribution in [2.75, 3.05) is 13.6 Å². The molecule has 1 N–H and O–H groups in total. The zero-order valence-electron chi connectivity index (χ0n) is 8.49. The van der Waals surface area contributed by atoms with Crippen molar-refractivity contribution >= 4 is 0 Å². The van der Waals surface area contributed by atoms with Gasteiger partial charge in [0.15, 0.2) is 0 Å². The summed E-state index contributed by atoms with van der Waals surface area (Å²) in [5, 5.41) is 14.0. The van der Waals surface area contributed by atoms with Crippen LogP contribution in [0.25, 0.3) is 0 Å². The van der Waals surface area contributed by atoms with Gasteiger partial charge in [0.2, 0.25) is 0 Å². The Labute approximate surface area is 74.9 Å². The van der Waals surface area contributed by atoms with Crippen LogP contribution in [-0.2, 0) is 0 Å². The van der Waals surface area contributed by atoms with Crippen LogP contribution in [0.2, 0.25) is 0 Å². The molecule has 0 aromatic heterocycles. The first-order chi connectivity index (χ1) is 5.57. The van der Waals surface area contributed by atoms with Crippen LogP contribution >= 0.6 is 0 Å². The van der Waals surface area contributed by atoms with E-state index in [0.29, 0.717) is 12.1 Å². The summed E-state index contributed by atoms with van der Waals surface area (Å²) < 4.78 is 0. The number of nitrogens with zero attached hydrogens (tertiary/aromatic N) is 2. The molecule has 0 spiro atoms. The van der Waals surface area contributed by atoms with E-state index in [0.717, 1.165) is 13.0 Å². The van der Waals surface area contributed by atoms with E-state index in [4.69, 9.17) is 0 Å². The second-order valence-electron chi connectivity index (χ2n) is 3.72. The van der Waals surface area contributed by atoms with E-state index in [2.05, 4.69) is 30.9 Å². The molecule has 72 valence electrons. The van der Waals surface area contributed by atoms with Gasteiger partial charge in [0.25, 0.3) is 0 Å². The second kappa shape index (κ2) is 3.73. The first-order valence-corrected chi connectivity index (χ1v) is 4.75. The SMILES string of the molecule is CCN1C(C(C)O)CC(C)N1C. The Morgan fingerprint density at radius 1 is 1.58 bits per heavy atom. The van der Waals surface area contributed by atoms with Gasteiger partial charge in [-0.05, 0) is 20.3 Å². The topological polar surface area (TPSA) is 26.7 Å². The summed E-state index contributed by atoms with van der Waals surface area (Å²) in [7, 11) is 2.09. The molecule has 3 heteroatoms. The van der Waals surface area contributed by atoms with Gasteiger partial charge in [-0.1, -0.05) is 6.92 Å². The van der Waals surface area contributed by atoms with Crippen molar-refractivity contribution in [1.82, 2.24) is 10.0 Å². The lowest BCUT2D eigenvalue weighted by Crippen LogP contribution is -2.44. The highest BCUT2D eigenvalue weighted by Gasteiger charge is 2.35. The molecule has 1 aliphatic rings. The molecule has 0 aromatic carbocycles. The molecule has 3 nitrogen and oxygen atoms in total. The standard InChI is InChI=1S/C9H20N2O/c1-5-11-9(8(3)12)6-7(2)10(11)4/h7-9,12H,5-6H2,1-4H3. The van der Waals surface area contributed by atoms with Crippen LogP contribution < -0.4 is 0 Å². The van der Waals surface area contributed by atoms with Crippen molar-refractivity contribution in [3.05, 3.63) is 0 Å². The Kier molecular flexibility index (Phi) is 3.09. The summed E-state index contributed by atoms with van der Waals surface area (Å²) in [4.78, 5) is 0. The maximum atomic E-state index is 9.52. The molecular weight excluding hydrogens is 152 g/mol. The molecule has 3 atom stereocenters. The third-order valence-electron chi connectivity index (χ3n) is 2.89. The second-order valence-corrected chi connectivity index (χ2v) is 3.72. The lowest BCUT2D eigenvalue weighted by atomic mass is 10.1. The van der Waals surface area contributed by atoms with Gasteiger partial charge < -0.3 is 5.11 Å². The van der Waals surface area contributed by atoms with Gasteiger partial charge in [-0.3, -0.25) is 0 Å². The fourth-order valence-corrected chi connectivity index (χ4v) is 2.01. The Morgan fingerprint density at radius 2 is 2.17 bits per heavy atom. The molecular formula is C9H20N2O. The molecule has 1 rings (SSSR count). The zero-order valence-corrected chi connectivity index (χ0v) is 8.49. The predicted molar refractivity (Wildman–Crippen MR) is 49.7 cm³/mol. The summed E-state index contributed by atoms with van der Waals surface area (Å²) in [6.07, 6.45) is 0.847. The smallest absolute Gasteiger partial charge is 0.0681 e. The van der Waals surface area contributed by atoms with Crippen molar-refractivity contribution < 1.29 is 5.11 Å². The number of hydrogen-bond acceptors (Lipinski definition) is 3. The number of hydrazine groups is 1. The third kappa shape index (κ3) is 1.63.